The normalized spacial score (nSPS) is 15.7. The SMILES string of the molecule is CCN(Cc1ccccc1CCNC(C)(C)C)CC1CC1. The van der Waals surface area contributed by atoms with Crippen LogP contribution in [-0.2, 0) is 13.0 Å². The van der Waals surface area contributed by atoms with E-state index in [0.717, 1.165) is 32.0 Å². The summed E-state index contributed by atoms with van der Waals surface area (Å²) in [5, 5.41) is 3.59. The second-order valence-corrected chi connectivity index (χ2v) is 7.47. The van der Waals surface area contributed by atoms with E-state index in [9.17, 15) is 0 Å². The Labute approximate surface area is 130 Å². The summed E-state index contributed by atoms with van der Waals surface area (Å²) in [4.78, 5) is 2.60. The molecule has 1 N–H and O–H groups in total. The summed E-state index contributed by atoms with van der Waals surface area (Å²) in [6.07, 6.45) is 4.00. The average molecular weight is 288 g/mol. The quantitative estimate of drug-likeness (QED) is 0.781. The molecule has 1 aliphatic carbocycles. The van der Waals surface area contributed by atoms with Gasteiger partial charge < -0.3 is 5.32 Å². The third kappa shape index (κ3) is 6.19. The van der Waals surface area contributed by atoms with Gasteiger partial charge >= 0.3 is 0 Å². The second kappa shape index (κ2) is 7.42. The van der Waals surface area contributed by atoms with E-state index in [-0.39, 0.29) is 5.54 Å². The van der Waals surface area contributed by atoms with Crippen molar-refractivity contribution in [2.45, 2.75) is 59.0 Å². The van der Waals surface area contributed by atoms with Crippen molar-refractivity contribution in [2.24, 2.45) is 5.92 Å². The Morgan fingerprint density at radius 2 is 1.81 bits per heavy atom. The van der Waals surface area contributed by atoms with Crippen LogP contribution in [0.1, 0.15) is 51.7 Å². The van der Waals surface area contributed by atoms with Gasteiger partial charge in [-0.1, -0.05) is 31.2 Å². The maximum Gasteiger partial charge on any atom is 0.0236 e. The van der Waals surface area contributed by atoms with Crippen LogP contribution >= 0.6 is 0 Å². The van der Waals surface area contributed by atoms with Gasteiger partial charge in [0, 0.05) is 18.6 Å². The van der Waals surface area contributed by atoms with Crippen molar-refractivity contribution in [3.05, 3.63) is 35.4 Å². The lowest BCUT2D eigenvalue weighted by Crippen LogP contribution is -2.37. The molecule has 0 saturated heterocycles. The van der Waals surface area contributed by atoms with Gasteiger partial charge in [-0.15, -0.1) is 0 Å². The minimum absolute atomic E-state index is 0.205. The highest BCUT2D eigenvalue weighted by Crippen LogP contribution is 2.30. The molecular formula is C19H32N2. The van der Waals surface area contributed by atoms with Crippen LogP contribution in [0.25, 0.3) is 0 Å². The summed E-state index contributed by atoms with van der Waals surface area (Å²) in [6, 6.07) is 8.96. The zero-order chi connectivity index (χ0) is 15.3. The Balaban J connectivity index is 1.91. The Morgan fingerprint density at radius 3 is 2.38 bits per heavy atom. The van der Waals surface area contributed by atoms with Crippen LogP contribution < -0.4 is 5.32 Å². The molecule has 21 heavy (non-hydrogen) atoms. The van der Waals surface area contributed by atoms with Crippen LogP contribution in [0.3, 0.4) is 0 Å². The fraction of sp³-hybridized carbons (Fsp3) is 0.684. The molecule has 1 aromatic rings. The summed E-state index contributed by atoms with van der Waals surface area (Å²) in [7, 11) is 0. The molecule has 0 unspecified atom stereocenters. The third-order valence-electron chi connectivity index (χ3n) is 4.22. The number of benzene rings is 1. The fourth-order valence-electron chi connectivity index (χ4n) is 2.74. The van der Waals surface area contributed by atoms with Crippen LogP contribution in [0.5, 0.6) is 0 Å². The standard InChI is InChI=1S/C19H32N2/c1-5-21(14-16-10-11-16)15-18-9-7-6-8-17(18)12-13-20-19(2,3)4/h6-9,16,20H,5,10-15H2,1-4H3. The third-order valence-corrected chi connectivity index (χ3v) is 4.22. The van der Waals surface area contributed by atoms with Crippen molar-refractivity contribution in [2.75, 3.05) is 19.6 Å². The summed E-state index contributed by atoms with van der Waals surface area (Å²) in [5.74, 6) is 0.972. The molecule has 0 radical (unpaired) electrons. The Bertz CT molecular complexity index is 429. The minimum atomic E-state index is 0.205. The fourth-order valence-corrected chi connectivity index (χ4v) is 2.74. The van der Waals surface area contributed by atoms with E-state index in [1.165, 1.54) is 30.5 Å². The molecule has 0 atom stereocenters. The Kier molecular flexibility index (Phi) is 5.83. The van der Waals surface area contributed by atoms with Crippen molar-refractivity contribution < 1.29 is 0 Å². The monoisotopic (exact) mass is 288 g/mol. The van der Waals surface area contributed by atoms with Crippen LogP contribution in [0.15, 0.2) is 24.3 Å². The highest BCUT2D eigenvalue weighted by atomic mass is 15.1. The number of hydrogen-bond donors (Lipinski definition) is 1. The van der Waals surface area contributed by atoms with Crippen LogP contribution in [-0.4, -0.2) is 30.1 Å². The first-order valence-electron chi connectivity index (χ1n) is 8.52. The predicted octanol–water partition coefficient (Wildman–Crippen LogP) is 3.85. The molecule has 1 aromatic carbocycles. The number of rotatable bonds is 8. The van der Waals surface area contributed by atoms with Gasteiger partial charge in [0.25, 0.3) is 0 Å². The van der Waals surface area contributed by atoms with Gasteiger partial charge in [0.2, 0.25) is 0 Å². The lowest BCUT2D eigenvalue weighted by atomic mass is 10.0. The van der Waals surface area contributed by atoms with E-state index in [2.05, 4.69) is 62.2 Å². The van der Waals surface area contributed by atoms with E-state index in [1.807, 2.05) is 0 Å². The molecule has 0 aliphatic heterocycles. The van der Waals surface area contributed by atoms with Gasteiger partial charge in [-0.25, -0.2) is 0 Å². The van der Waals surface area contributed by atoms with Crippen molar-refractivity contribution in [1.82, 2.24) is 10.2 Å². The first kappa shape index (κ1) is 16.5. The minimum Gasteiger partial charge on any atom is -0.312 e. The zero-order valence-electron chi connectivity index (χ0n) is 14.3. The van der Waals surface area contributed by atoms with Crippen molar-refractivity contribution in [3.63, 3.8) is 0 Å². The van der Waals surface area contributed by atoms with Gasteiger partial charge in [0.05, 0.1) is 0 Å². The molecule has 0 aromatic heterocycles. The predicted molar refractivity (Wildman–Crippen MR) is 91.6 cm³/mol. The van der Waals surface area contributed by atoms with Gasteiger partial charge in [-0.2, -0.15) is 0 Å². The topological polar surface area (TPSA) is 15.3 Å². The van der Waals surface area contributed by atoms with Crippen LogP contribution in [0.2, 0.25) is 0 Å². The molecule has 2 rings (SSSR count). The smallest absolute Gasteiger partial charge is 0.0236 e. The Hall–Kier alpha value is -0.860. The number of nitrogens with one attached hydrogen (secondary N) is 1. The summed E-state index contributed by atoms with van der Waals surface area (Å²) >= 11 is 0. The second-order valence-electron chi connectivity index (χ2n) is 7.47. The number of nitrogens with zero attached hydrogens (tertiary/aromatic N) is 1. The molecule has 1 aliphatic rings. The van der Waals surface area contributed by atoms with E-state index in [0.29, 0.717) is 0 Å². The molecule has 2 nitrogen and oxygen atoms in total. The van der Waals surface area contributed by atoms with Crippen LogP contribution in [0.4, 0.5) is 0 Å². The van der Waals surface area contributed by atoms with E-state index in [1.54, 1.807) is 0 Å². The first-order chi connectivity index (χ1) is 9.98. The maximum absolute atomic E-state index is 3.59. The maximum atomic E-state index is 3.59. The highest BCUT2D eigenvalue weighted by Gasteiger charge is 2.23. The molecule has 0 bridgehead atoms. The van der Waals surface area contributed by atoms with Gasteiger partial charge in [0.1, 0.15) is 0 Å². The van der Waals surface area contributed by atoms with Crippen molar-refractivity contribution in [1.29, 1.82) is 0 Å². The number of hydrogen-bond acceptors (Lipinski definition) is 2. The summed E-state index contributed by atoms with van der Waals surface area (Å²) in [5.41, 5.74) is 3.22. The molecule has 1 fully saturated rings. The summed E-state index contributed by atoms with van der Waals surface area (Å²) < 4.78 is 0. The molecular weight excluding hydrogens is 256 g/mol. The van der Waals surface area contributed by atoms with E-state index in [4.69, 9.17) is 0 Å². The van der Waals surface area contributed by atoms with Crippen LogP contribution in [0, 0.1) is 5.92 Å². The van der Waals surface area contributed by atoms with Gasteiger partial charge in [-0.05, 0) is 70.2 Å². The van der Waals surface area contributed by atoms with Crippen molar-refractivity contribution >= 4 is 0 Å². The Morgan fingerprint density at radius 1 is 1.14 bits per heavy atom. The van der Waals surface area contributed by atoms with E-state index >= 15 is 0 Å². The van der Waals surface area contributed by atoms with Crippen molar-refractivity contribution in [3.8, 4) is 0 Å². The molecule has 0 heterocycles. The lowest BCUT2D eigenvalue weighted by Gasteiger charge is -2.23. The largest absolute Gasteiger partial charge is 0.312 e. The molecule has 1 saturated carbocycles. The molecule has 0 spiro atoms. The van der Waals surface area contributed by atoms with E-state index < -0.39 is 0 Å². The highest BCUT2D eigenvalue weighted by molar-refractivity contribution is 5.27. The zero-order valence-corrected chi connectivity index (χ0v) is 14.3. The van der Waals surface area contributed by atoms with Gasteiger partial charge in [0.15, 0.2) is 0 Å². The molecule has 2 heteroatoms. The summed E-state index contributed by atoms with van der Waals surface area (Å²) in [6.45, 7) is 13.6. The lowest BCUT2D eigenvalue weighted by molar-refractivity contribution is 0.267. The molecule has 118 valence electrons. The molecule has 0 amide bonds. The first-order valence-corrected chi connectivity index (χ1v) is 8.52. The average Bonchev–Trinajstić information content (AvgIpc) is 3.22. The van der Waals surface area contributed by atoms with Gasteiger partial charge in [-0.3, -0.25) is 4.90 Å².